The molecule has 0 amide bonds. The van der Waals surface area contributed by atoms with Crippen LogP contribution >= 0.6 is 22.9 Å². The van der Waals surface area contributed by atoms with Crippen LogP contribution in [0.5, 0.6) is 0 Å². The standard InChI is InChI=1S/C15H15ClOS/c1-9-4-5-12(6-10(9)2)8-13(17)14-7-11(3)15(16)18-14/h4-7H,8H2,1-3H3. The smallest absolute Gasteiger partial charge is 0.177 e. The summed E-state index contributed by atoms with van der Waals surface area (Å²) in [7, 11) is 0. The zero-order chi connectivity index (χ0) is 13.3. The fourth-order valence-electron chi connectivity index (χ4n) is 1.78. The van der Waals surface area contributed by atoms with Crippen LogP contribution in [0.3, 0.4) is 0 Å². The molecule has 2 rings (SSSR count). The third-order valence-corrected chi connectivity index (χ3v) is 4.66. The number of thiophene rings is 1. The van der Waals surface area contributed by atoms with E-state index in [0.717, 1.165) is 16.0 Å². The minimum absolute atomic E-state index is 0.137. The summed E-state index contributed by atoms with van der Waals surface area (Å²) in [6.07, 6.45) is 0.442. The van der Waals surface area contributed by atoms with Gasteiger partial charge in [0.1, 0.15) is 0 Å². The van der Waals surface area contributed by atoms with Crippen LogP contribution in [-0.2, 0) is 6.42 Å². The van der Waals surface area contributed by atoms with Gasteiger partial charge in [-0.05, 0) is 49.1 Å². The van der Waals surface area contributed by atoms with Crippen molar-refractivity contribution in [3.05, 3.63) is 55.7 Å². The van der Waals surface area contributed by atoms with E-state index in [1.54, 1.807) is 0 Å². The molecule has 0 saturated carbocycles. The Hall–Kier alpha value is -1.12. The lowest BCUT2D eigenvalue weighted by atomic mass is 10.0. The molecule has 1 heterocycles. The van der Waals surface area contributed by atoms with Crippen LogP contribution in [0.1, 0.15) is 31.9 Å². The molecule has 0 aliphatic heterocycles. The fraction of sp³-hybridized carbons (Fsp3) is 0.267. The van der Waals surface area contributed by atoms with Gasteiger partial charge in [0, 0.05) is 6.42 Å². The van der Waals surface area contributed by atoms with Crippen molar-refractivity contribution in [3.63, 3.8) is 0 Å². The fourth-order valence-corrected chi connectivity index (χ4v) is 2.92. The summed E-state index contributed by atoms with van der Waals surface area (Å²) in [6, 6.07) is 8.03. The van der Waals surface area contributed by atoms with Gasteiger partial charge >= 0.3 is 0 Å². The number of rotatable bonds is 3. The van der Waals surface area contributed by atoms with Crippen molar-refractivity contribution in [1.29, 1.82) is 0 Å². The summed E-state index contributed by atoms with van der Waals surface area (Å²) in [6.45, 7) is 6.06. The molecule has 0 spiro atoms. The van der Waals surface area contributed by atoms with Crippen LogP contribution in [0, 0.1) is 20.8 Å². The van der Waals surface area contributed by atoms with E-state index in [-0.39, 0.29) is 5.78 Å². The number of hydrogen-bond donors (Lipinski definition) is 0. The molecule has 0 unspecified atom stereocenters. The molecular weight excluding hydrogens is 264 g/mol. The second-order valence-electron chi connectivity index (χ2n) is 4.59. The Bertz CT molecular complexity index is 579. The van der Waals surface area contributed by atoms with Crippen molar-refractivity contribution >= 4 is 28.7 Å². The van der Waals surface area contributed by atoms with Crippen LogP contribution in [0.25, 0.3) is 0 Å². The van der Waals surface area contributed by atoms with Gasteiger partial charge in [0.2, 0.25) is 0 Å². The molecule has 18 heavy (non-hydrogen) atoms. The molecule has 0 bridgehead atoms. The van der Waals surface area contributed by atoms with Gasteiger partial charge in [-0.15, -0.1) is 11.3 Å². The highest BCUT2D eigenvalue weighted by Crippen LogP contribution is 2.27. The van der Waals surface area contributed by atoms with E-state index in [4.69, 9.17) is 11.6 Å². The largest absolute Gasteiger partial charge is 0.293 e. The lowest BCUT2D eigenvalue weighted by Gasteiger charge is -2.03. The maximum atomic E-state index is 12.1. The van der Waals surface area contributed by atoms with Gasteiger partial charge in [0.15, 0.2) is 5.78 Å². The molecule has 0 aliphatic carbocycles. The first kappa shape index (κ1) is 13.3. The van der Waals surface area contributed by atoms with E-state index in [0.29, 0.717) is 10.8 Å². The van der Waals surface area contributed by atoms with E-state index < -0.39 is 0 Å². The van der Waals surface area contributed by atoms with Crippen LogP contribution in [-0.4, -0.2) is 5.78 Å². The molecular formula is C15H15ClOS. The maximum Gasteiger partial charge on any atom is 0.177 e. The molecule has 3 heteroatoms. The number of aryl methyl sites for hydroxylation is 3. The van der Waals surface area contributed by atoms with E-state index in [2.05, 4.69) is 26.0 Å². The van der Waals surface area contributed by atoms with Crippen LogP contribution in [0.15, 0.2) is 24.3 Å². The molecule has 0 aliphatic rings. The number of ketones is 1. The Morgan fingerprint density at radius 2 is 1.83 bits per heavy atom. The Morgan fingerprint density at radius 3 is 2.39 bits per heavy atom. The first-order valence-electron chi connectivity index (χ1n) is 5.82. The second-order valence-corrected chi connectivity index (χ2v) is 6.24. The lowest BCUT2D eigenvalue weighted by molar-refractivity contribution is 0.0997. The monoisotopic (exact) mass is 278 g/mol. The van der Waals surface area contributed by atoms with E-state index >= 15 is 0 Å². The van der Waals surface area contributed by atoms with Crippen molar-refractivity contribution < 1.29 is 4.79 Å². The number of halogens is 1. The summed E-state index contributed by atoms with van der Waals surface area (Å²) in [4.78, 5) is 12.9. The molecule has 0 atom stereocenters. The molecule has 94 valence electrons. The van der Waals surface area contributed by atoms with Gasteiger partial charge in [-0.3, -0.25) is 4.79 Å². The van der Waals surface area contributed by atoms with Crippen LogP contribution in [0.2, 0.25) is 4.34 Å². The van der Waals surface area contributed by atoms with Gasteiger partial charge in [-0.2, -0.15) is 0 Å². The number of Topliss-reactive ketones (excluding diaryl/α,β-unsaturated/α-hetero) is 1. The van der Waals surface area contributed by atoms with Crippen LogP contribution in [0.4, 0.5) is 0 Å². The van der Waals surface area contributed by atoms with Crippen molar-refractivity contribution in [3.8, 4) is 0 Å². The molecule has 2 aromatic rings. The van der Waals surface area contributed by atoms with Gasteiger partial charge in [0.05, 0.1) is 9.21 Å². The quantitative estimate of drug-likeness (QED) is 0.740. The summed E-state index contributed by atoms with van der Waals surface area (Å²) in [5.41, 5.74) is 4.51. The first-order valence-corrected chi connectivity index (χ1v) is 7.02. The van der Waals surface area contributed by atoms with E-state index in [1.807, 2.05) is 19.1 Å². The third-order valence-electron chi connectivity index (χ3n) is 3.07. The van der Waals surface area contributed by atoms with Gasteiger partial charge < -0.3 is 0 Å². The highest BCUT2D eigenvalue weighted by molar-refractivity contribution is 7.18. The number of hydrogen-bond acceptors (Lipinski definition) is 2. The third kappa shape index (κ3) is 2.82. The van der Waals surface area contributed by atoms with Crippen molar-refractivity contribution in [2.24, 2.45) is 0 Å². The summed E-state index contributed by atoms with van der Waals surface area (Å²) in [5, 5.41) is 0. The minimum atomic E-state index is 0.137. The molecule has 1 aromatic carbocycles. The molecule has 0 N–H and O–H groups in total. The van der Waals surface area contributed by atoms with Gasteiger partial charge in [-0.25, -0.2) is 0 Å². The topological polar surface area (TPSA) is 17.1 Å². The van der Waals surface area contributed by atoms with E-state index in [9.17, 15) is 4.79 Å². The number of benzene rings is 1. The SMILES string of the molecule is Cc1ccc(CC(=O)c2cc(C)c(Cl)s2)cc1C. The average Bonchev–Trinajstić information content (AvgIpc) is 2.65. The molecule has 0 saturated heterocycles. The normalized spacial score (nSPS) is 10.7. The first-order chi connectivity index (χ1) is 8.47. The molecule has 1 nitrogen and oxygen atoms in total. The highest BCUT2D eigenvalue weighted by atomic mass is 35.5. The van der Waals surface area contributed by atoms with E-state index in [1.165, 1.54) is 22.5 Å². The van der Waals surface area contributed by atoms with Crippen molar-refractivity contribution in [2.45, 2.75) is 27.2 Å². The van der Waals surface area contributed by atoms with Crippen molar-refractivity contribution in [1.82, 2.24) is 0 Å². The highest BCUT2D eigenvalue weighted by Gasteiger charge is 2.12. The molecule has 0 radical (unpaired) electrons. The summed E-state index contributed by atoms with van der Waals surface area (Å²) in [5.74, 6) is 0.137. The van der Waals surface area contributed by atoms with Crippen molar-refractivity contribution in [2.75, 3.05) is 0 Å². The Morgan fingerprint density at radius 1 is 1.11 bits per heavy atom. The van der Waals surface area contributed by atoms with Crippen LogP contribution < -0.4 is 0 Å². The number of carbonyl (C=O) groups excluding carboxylic acids is 1. The minimum Gasteiger partial charge on any atom is -0.293 e. The summed E-state index contributed by atoms with van der Waals surface area (Å²) >= 11 is 7.35. The molecule has 0 fully saturated rings. The Kier molecular flexibility index (Phi) is 3.88. The zero-order valence-corrected chi connectivity index (χ0v) is 12.3. The summed E-state index contributed by atoms with van der Waals surface area (Å²) < 4.78 is 0.707. The predicted molar refractivity (Wildman–Crippen MR) is 78.0 cm³/mol. The average molecular weight is 279 g/mol. The van der Waals surface area contributed by atoms with Gasteiger partial charge in [-0.1, -0.05) is 29.8 Å². The molecule has 1 aromatic heterocycles. The van der Waals surface area contributed by atoms with Gasteiger partial charge in [0.25, 0.3) is 0 Å². The zero-order valence-electron chi connectivity index (χ0n) is 10.7. The predicted octanol–water partition coefficient (Wildman–Crippen LogP) is 4.75. The lowest BCUT2D eigenvalue weighted by Crippen LogP contribution is -2.01. The Balaban J connectivity index is 2.18. The second kappa shape index (κ2) is 5.25. The maximum absolute atomic E-state index is 12.1. The number of carbonyl (C=O) groups is 1. The Labute approximate surface area is 116 Å².